The summed E-state index contributed by atoms with van der Waals surface area (Å²) < 4.78 is 0. The van der Waals surface area contributed by atoms with Crippen molar-refractivity contribution < 1.29 is 0 Å². The van der Waals surface area contributed by atoms with Gasteiger partial charge in [-0.3, -0.25) is 4.90 Å². The zero-order valence-corrected chi connectivity index (χ0v) is 12.3. The van der Waals surface area contributed by atoms with E-state index in [0.717, 1.165) is 38.8 Å². The van der Waals surface area contributed by atoms with E-state index >= 15 is 0 Å². The maximum absolute atomic E-state index is 3.53. The lowest BCUT2D eigenvalue weighted by atomic mass is 10.1. The number of nitrogens with zero attached hydrogens (tertiary/aromatic N) is 1. The van der Waals surface area contributed by atoms with Crippen LogP contribution in [0.15, 0.2) is 0 Å². The highest BCUT2D eigenvalue weighted by Gasteiger charge is 2.20. The summed E-state index contributed by atoms with van der Waals surface area (Å²) in [5.74, 6) is 0. The van der Waals surface area contributed by atoms with Crippen LogP contribution in [0.4, 0.5) is 0 Å². The maximum Gasteiger partial charge on any atom is 0.0221 e. The summed E-state index contributed by atoms with van der Waals surface area (Å²) in [6, 6.07) is 0.749. The van der Waals surface area contributed by atoms with Crippen LogP contribution in [-0.2, 0) is 0 Å². The summed E-state index contributed by atoms with van der Waals surface area (Å²) in [6.07, 6.45) is 3.89. The Morgan fingerprint density at radius 3 is 2.56 bits per heavy atom. The van der Waals surface area contributed by atoms with Gasteiger partial charge in [0.15, 0.2) is 0 Å². The van der Waals surface area contributed by atoms with Crippen molar-refractivity contribution in [3.63, 3.8) is 0 Å². The smallest absolute Gasteiger partial charge is 0.0221 e. The standard InChI is InChI=1S/C14H32N4/c1-3-15-8-5-7-14-13-17-10-12-18(14)11-6-9-16-4-2/h14-17H,3-13H2,1-2H3. The Balaban J connectivity index is 2.15. The average Bonchev–Trinajstić information content (AvgIpc) is 2.41. The number of hydrogen-bond donors (Lipinski definition) is 3. The third-order valence-electron chi connectivity index (χ3n) is 3.66. The second kappa shape index (κ2) is 10.7. The van der Waals surface area contributed by atoms with Crippen molar-refractivity contribution >= 4 is 0 Å². The van der Waals surface area contributed by atoms with Gasteiger partial charge >= 0.3 is 0 Å². The first-order chi connectivity index (χ1) is 8.88. The Bertz CT molecular complexity index is 167. The molecule has 4 nitrogen and oxygen atoms in total. The predicted molar refractivity (Wildman–Crippen MR) is 79.2 cm³/mol. The summed E-state index contributed by atoms with van der Waals surface area (Å²) in [5.41, 5.74) is 0. The summed E-state index contributed by atoms with van der Waals surface area (Å²) in [5, 5.41) is 10.4. The van der Waals surface area contributed by atoms with E-state index in [1.165, 1.54) is 38.9 Å². The van der Waals surface area contributed by atoms with E-state index in [-0.39, 0.29) is 0 Å². The Labute approximate surface area is 113 Å². The van der Waals surface area contributed by atoms with Gasteiger partial charge in [-0.1, -0.05) is 13.8 Å². The number of rotatable bonds is 10. The molecule has 1 aliphatic rings. The Hall–Kier alpha value is -0.160. The normalized spacial score (nSPS) is 21.3. The molecule has 108 valence electrons. The third-order valence-corrected chi connectivity index (χ3v) is 3.66. The van der Waals surface area contributed by atoms with Gasteiger partial charge in [0, 0.05) is 25.7 Å². The molecule has 1 saturated heterocycles. The van der Waals surface area contributed by atoms with Gasteiger partial charge in [-0.25, -0.2) is 0 Å². The monoisotopic (exact) mass is 256 g/mol. The van der Waals surface area contributed by atoms with E-state index in [9.17, 15) is 0 Å². The highest BCUT2D eigenvalue weighted by molar-refractivity contribution is 4.80. The Kier molecular flexibility index (Phi) is 9.48. The minimum atomic E-state index is 0.749. The molecule has 0 saturated carbocycles. The Morgan fingerprint density at radius 1 is 1.11 bits per heavy atom. The van der Waals surface area contributed by atoms with E-state index in [2.05, 4.69) is 34.7 Å². The molecular weight excluding hydrogens is 224 g/mol. The molecule has 0 spiro atoms. The van der Waals surface area contributed by atoms with E-state index in [1.807, 2.05) is 0 Å². The summed E-state index contributed by atoms with van der Waals surface area (Å²) in [4.78, 5) is 2.68. The largest absolute Gasteiger partial charge is 0.317 e. The fourth-order valence-corrected chi connectivity index (χ4v) is 2.61. The van der Waals surface area contributed by atoms with Crippen molar-refractivity contribution in [3.8, 4) is 0 Å². The zero-order valence-electron chi connectivity index (χ0n) is 12.3. The average molecular weight is 256 g/mol. The number of nitrogens with one attached hydrogen (secondary N) is 3. The molecule has 0 bridgehead atoms. The lowest BCUT2D eigenvalue weighted by Crippen LogP contribution is -2.51. The summed E-state index contributed by atoms with van der Waals surface area (Å²) in [7, 11) is 0. The molecule has 0 aromatic carbocycles. The van der Waals surface area contributed by atoms with Crippen LogP contribution in [0, 0.1) is 0 Å². The van der Waals surface area contributed by atoms with E-state index < -0.39 is 0 Å². The highest BCUT2D eigenvalue weighted by Crippen LogP contribution is 2.09. The molecule has 0 aromatic rings. The van der Waals surface area contributed by atoms with Crippen LogP contribution in [0.3, 0.4) is 0 Å². The molecule has 3 N–H and O–H groups in total. The van der Waals surface area contributed by atoms with Gasteiger partial charge in [0.2, 0.25) is 0 Å². The lowest BCUT2D eigenvalue weighted by molar-refractivity contribution is 0.149. The van der Waals surface area contributed by atoms with Gasteiger partial charge in [0.1, 0.15) is 0 Å². The molecule has 0 aliphatic carbocycles. The zero-order chi connectivity index (χ0) is 13.1. The second-order valence-corrected chi connectivity index (χ2v) is 5.10. The molecule has 1 heterocycles. The van der Waals surface area contributed by atoms with Crippen LogP contribution in [0.1, 0.15) is 33.1 Å². The molecule has 0 aromatic heterocycles. The van der Waals surface area contributed by atoms with Crippen molar-refractivity contribution in [2.75, 3.05) is 52.4 Å². The lowest BCUT2D eigenvalue weighted by Gasteiger charge is -2.36. The van der Waals surface area contributed by atoms with Gasteiger partial charge in [-0.2, -0.15) is 0 Å². The van der Waals surface area contributed by atoms with Gasteiger partial charge in [-0.15, -0.1) is 0 Å². The molecule has 18 heavy (non-hydrogen) atoms. The minimum Gasteiger partial charge on any atom is -0.317 e. The van der Waals surface area contributed by atoms with E-state index in [4.69, 9.17) is 0 Å². The predicted octanol–water partition coefficient (Wildman–Crippen LogP) is 0.650. The van der Waals surface area contributed by atoms with E-state index in [0.29, 0.717) is 0 Å². The molecule has 1 atom stereocenters. The fourth-order valence-electron chi connectivity index (χ4n) is 2.61. The van der Waals surface area contributed by atoms with Crippen molar-refractivity contribution in [2.24, 2.45) is 0 Å². The Morgan fingerprint density at radius 2 is 1.83 bits per heavy atom. The topological polar surface area (TPSA) is 39.3 Å². The summed E-state index contributed by atoms with van der Waals surface area (Å²) in [6.45, 7) is 13.7. The molecule has 0 radical (unpaired) electrons. The summed E-state index contributed by atoms with van der Waals surface area (Å²) >= 11 is 0. The first-order valence-electron chi connectivity index (χ1n) is 7.74. The van der Waals surface area contributed by atoms with Gasteiger partial charge in [-0.05, 0) is 52.0 Å². The van der Waals surface area contributed by atoms with Gasteiger partial charge < -0.3 is 16.0 Å². The van der Waals surface area contributed by atoms with Crippen molar-refractivity contribution in [2.45, 2.75) is 39.2 Å². The van der Waals surface area contributed by atoms with Crippen LogP contribution >= 0.6 is 0 Å². The molecule has 1 aliphatic heterocycles. The number of piperazine rings is 1. The molecule has 1 fully saturated rings. The van der Waals surface area contributed by atoms with Gasteiger partial charge in [0.05, 0.1) is 0 Å². The van der Waals surface area contributed by atoms with Crippen LogP contribution in [0.2, 0.25) is 0 Å². The van der Waals surface area contributed by atoms with Crippen molar-refractivity contribution in [1.29, 1.82) is 0 Å². The van der Waals surface area contributed by atoms with Gasteiger partial charge in [0.25, 0.3) is 0 Å². The SMILES string of the molecule is CCNCCCC1CNCCN1CCCNCC. The molecule has 1 unspecified atom stereocenters. The van der Waals surface area contributed by atoms with Crippen LogP contribution in [0.5, 0.6) is 0 Å². The van der Waals surface area contributed by atoms with Crippen LogP contribution in [0.25, 0.3) is 0 Å². The van der Waals surface area contributed by atoms with Crippen LogP contribution < -0.4 is 16.0 Å². The quantitative estimate of drug-likeness (QED) is 0.502. The van der Waals surface area contributed by atoms with Crippen molar-refractivity contribution in [1.82, 2.24) is 20.9 Å². The van der Waals surface area contributed by atoms with Crippen molar-refractivity contribution in [3.05, 3.63) is 0 Å². The molecule has 4 heteroatoms. The number of hydrogen-bond acceptors (Lipinski definition) is 4. The molecule has 1 rings (SSSR count). The molecular formula is C14H32N4. The fraction of sp³-hybridized carbons (Fsp3) is 1.00. The minimum absolute atomic E-state index is 0.749. The molecule has 0 amide bonds. The van der Waals surface area contributed by atoms with E-state index in [1.54, 1.807) is 0 Å². The highest BCUT2D eigenvalue weighted by atomic mass is 15.2. The maximum atomic E-state index is 3.53. The second-order valence-electron chi connectivity index (χ2n) is 5.10. The van der Waals surface area contributed by atoms with Crippen LogP contribution in [-0.4, -0.2) is 63.3 Å². The first kappa shape index (κ1) is 15.9. The third kappa shape index (κ3) is 6.69. The first-order valence-corrected chi connectivity index (χ1v) is 7.74.